The summed E-state index contributed by atoms with van der Waals surface area (Å²) in [5.74, 6) is 0.474. The summed E-state index contributed by atoms with van der Waals surface area (Å²) in [6.07, 6.45) is 3.60. The van der Waals surface area contributed by atoms with Crippen LogP contribution in [0.25, 0.3) is 0 Å². The molecule has 0 saturated carbocycles. The molecule has 4 rings (SSSR count). The van der Waals surface area contributed by atoms with E-state index in [4.69, 9.17) is 4.74 Å². The van der Waals surface area contributed by atoms with Gasteiger partial charge in [0.2, 0.25) is 0 Å². The molecule has 0 saturated heterocycles. The molecular weight excluding hydrogens is 390 g/mol. The standard InChI is InChI=1S/C25H27N3O3/c1-27(25(30)20-8-5-12-26-15-20)22-9-4-10-24(14-22)31-18-23(29)17-28-13-11-19-6-2-3-7-21(19)16-28/h2-10,12,14-15,23,29H,11,13,16-18H2,1H3. The lowest BCUT2D eigenvalue weighted by atomic mass is 10.00. The molecule has 3 aromatic rings. The van der Waals surface area contributed by atoms with E-state index in [1.54, 1.807) is 42.5 Å². The maximum absolute atomic E-state index is 12.6. The van der Waals surface area contributed by atoms with Crippen LogP contribution in [-0.4, -0.2) is 53.7 Å². The van der Waals surface area contributed by atoms with E-state index in [1.165, 1.54) is 11.1 Å². The van der Waals surface area contributed by atoms with Crippen LogP contribution in [-0.2, 0) is 13.0 Å². The number of anilines is 1. The minimum atomic E-state index is -0.594. The number of amides is 1. The number of rotatable bonds is 7. The van der Waals surface area contributed by atoms with Crippen molar-refractivity contribution in [3.8, 4) is 5.75 Å². The molecule has 0 radical (unpaired) electrons. The summed E-state index contributed by atoms with van der Waals surface area (Å²) in [5, 5.41) is 10.5. The number of carbonyl (C=O) groups is 1. The number of β-amino-alcohol motifs (C(OH)–C–C–N with tert-alkyl or cyclic N) is 1. The molecule has 6 nitrogen and oxygen atoms in total. The van der Waals surface area contributed by atoms with Crippen molar-refractivity contribution in [3.05, 3.63) is 89.7 Å². The number of hydrogen-bond donors (Lipinski definition) is 1. The fourth-order valence-corrected chi connectivity index (χ4v) is 3.84. The number of benzene rings is 2. The minimum absolute atomic E-state index is 0.143. The smallest absolute Gasteiger partial charge is 0.259 e. The number of ether oxygens (including phenoxy) is 1. The third-order valence-corrected chi connectivity index (χ3v) is 5.54. The van der Waals surface area contributed by atoms with Gasteiger partial charge in [-0.1, -0.05) is 30.3 Å². The molecule has 1 aliphatic heterocycles. The third-order valence-electron chi connectivity index (χ3n) is 5.54. The number of fused-ring (bicyclic) bond motifs is 1. The Kier molecular flexibility index (Phi) is 6.60. The molecule has 1 aromatic heterocycles. The van der Waals surface area contributed by atoms with Crippen LogP contribution >= 0.6 is 0 Å². The molecule has 2 heterocycles. The highest BCUT2D eigenvalue weighted by Crippen LogP contribution is 2.22. The lowest BCUT2D eigenvalue weighted by molar-refractivity contribution is 0.0638. The Morgan fingerprint density at radius 3 is 2.81 bits per heavy atom. The lowest BCUT2D eigenvalue weighted by Crippen LogP contribution is -2.38. The number of pyridine rings is 1. The van der Waals surface area contributed by atoms with Crippen molar-refractivity contribution in [2.45, 2.75) is 19.1 Å². The molecule has 0 aliphatic carbocycles. The average Bonchev–Trinajstić information content (AvgIpc) is 2.82. The van der Waals surface area contributed by atoms with Crippen LogP contribution in [0.3, 0.4) is 0 Å². The largest absolute Gasteiger partial charge is 0.491 e. The van der Waals surface area contributed by atoms with Crippen molar-refractivity contribution in [2.24, 2.45) is 0 Å². The van der Waals surface area contributed by atoms with Crippen LogP contribution < -0.4 is 9.64 Å². The van der Waals surface area contributed by atoms with Crippen LogP contribution in [0.5, 0.6) is 5.75 Å². The molecule has 2 aromatic carbocycles. The van der Waals surface area contributed by atoms with Gasteiger partial charge in [0.15, 0.2) is 0 Å². The van der Waals surface area contributed by atoms with Gasteiger partial charge in [0.05, 0.1) is 5.56 Å². The summed E-state index contributed by atoms with van der Waals surface area (Å²) in [6, 6.07) is 19.3. The Bertz CT molecular complexity index is 1030. The minimum Gasteiger partial charge on any atom is -0.491 e. The maximum atomic E-state index is 12.6. The summed E-state index contributed by atoms with van der Waals surface area (Å²) >= 11 is 0. The molecule has 0 spiro atoms. The first-order valence-corrected chi connectivity index (χ1v) is 10.5. The zero-order valence-electron chi connectivity index (χ0n) is 17.6. The number of hydrogen-bond acceptors (Lipinski definition) is 5. The number of aliphatic hydroxyl groups excluding tert-OH is 1. The number of aromatic nitrogens is 1. The first-order chi connectivity index (χ1) is 15.1. The third kappa shape index (κ3) is 5.29. The van der Waals surface area contributed by atoms with Gasteiger partial charge in [-0.15, -0.1) is 0 Å². The van der Waals surface area contributed by atoms with Gasteiger partial charge in [-0.3, -0.25) is 14.7 Å². The number of carbonyl (C=O) groups excluding carboxylic acids is 1. The van der Waals surface area contributed by atoms with Crippen molar-refractivity contribution in [1.82, 2.24) is 9.88 Å². The summed E-state index contributed by atoms with van der Waals surface area (Å²) in [6.45, 7) is 2.55. The van der Waals surface area contributed by atoms with E-state index >= 15 is 0 Å². The molecule has 160 valence electrons. The lowest BCUT2D eigenvalue weighted by Gasteiger charge is -2.30. The molecule has 0 bridgehead atoms. The Morgan fingerprint density at radius 2 is 2.00 bits per heavy atom. The summed E-state index contributed by atoms with van der Waals surface area (Å²) in [5.41, 5.74) is 3.96. The first-order valence-electron chi connectivity index (χ1n) is 10.5. The maximum Gasteiger partial charge on any atom is 0.259 e. The van der Waals surface area contributed by atoms with Crippen LogP contribution in [0.1, 0.15) is 21.5 Å². The molecule has 0 fully saturated rings. The zero-order chi connectivity index (χ0) is 21.6. The quantitative estimate of drug-likeness (QED) is 0.640. The number of nitrogens with zero attached hydrogens (tertiary/aromatic N) is 3. The van der Waals surface area contributed by atoms with Gasteiger partial charge in [-0.25, -0.2) is 0 Å². The summed E-state index contributed by atoms with van der Waals surface area (Å²) < 4.78 is 5.83. The average molecular weight is 418 g/mol. The van der Waals surface area contributed by atoms with Gasteiger partial charge < -0.3 is 14.7 Å². The van der Waals surface area contributed by atoms with Crippen molar-refractivity contribution in [2.75, 3.05) is 31.6 Å². The summed E-state index contributed by atoms with van der Waals surface area (Å²) in [4.78, 5) is 20.5. The Morgan fingerprint density at radius 1 is 1.16 bits per heavy atom. The predicted molar refractivity (Wildman–Crippen MR) is 120 cm³/mol. The number of aliphatic hydroxyl groups is 1. The molecule has 1 aliphatic rings. The Balaban J connectivity index is 1.31. The molecule has 6 heteroatoms. The van der Waals surface area contributed by atoms with Gasteiger partial charge in [0.1, 0.15) is 18.5 Å². The second-order valence-corrected chi connectivity index (χ2v) is 7.82. The highest BCUT2D eigenvalue weighted by molar-refractivity contribution is 6.05. The van der Waals surface area contributed by atoms with Crippen LogP contribution in [0.15, 0.2) is 73.1 Å². The highest BCUT2D eigenvalue weighted by atomic mass is 16.5. The van der Waals surface area contributed by atoms with Crippen molar-refractivity contribution >= 4 is 11.6 Å². The van der Waals surface area contributed by atoms with Gasteiger partial charge in [-0.2, -0.15) is 0 Å². The van der Waals surface area contributed by atoms with Crippen LogP contribution in [0.2, 0.25) is 0 Å². The first kappa shape index (κ1) is 21.0. The van der Waals surface area contributed by atoms with Crippen LogP contribution in [0.4, 0.5) is 5.69 Å². The molecular formula is C25H27N3O3. The SMILES string of the molecule is CN(C(=O)c1cccnc1)c1cccc(OCC(O)CN2CCc3ccccc3C2)c1. The fraction of sp³-hybridized carbons (Fsp3) is 0.280. The molecule has 1 unspecified atom stereocenters. The Labute approximate surface area is 182 Å². The Hall–Kier alpha value is -3.22. The van der Waals surface area contributed by atoms with E-state index in [9.17, 15) is 9.90 Å². The van der Waals surface area contributed by atoms with E-state index in [2.05, 4.69) is 34.1 Å². The van der Waals surface area contributed by atoms with E-state index in [-0.39, 0.29) is 12.5 Å². The van der Waals surface area contributed by atoms with Crippen LogP contribution in [0, 0.1) is 0 Å². The highest BCUT2D eigenvalue weighted by Gasteiger charge is 2.19. The normalized spacial score (nSPS) is 14.5. The second kappa shape index (κ2) is 9.73. The van der Waals surface area contributed by atoms with Crippen molar-refractivity contribution < 1.29 is 14.6 Å². The van der Waals surface area contributed by atoms with Gasteiger partial charge in [0.25, 0.3) is 5.91 Å². The molecule has 31 heavy (non-hydrogen) atoms. The summed E-state index contributed by atoms with van der Waals surface area (Å²) in [7, 11) is 1.72. The fourth-order valence-electron chi connectivity index (χ4n) is 3.84. The van der Waals surface area contributed by atoms with E-state index in [1.807, 2.05) is 18.2 Å². The zero-order valence-corrected chi connectivity index (χ0v) is 17.6. The second-order valence-electron chi connectivity index (χ2n) is 7.82. The van der Waals surface area contributed by atoms with E-state index in [0.29, 0.717) is 23.5 Å². The predicted octanol–water partition coefficient (Wildman–Crippen LogP) is 3.16. The monoisotopic (exact) mass is 417 g/mol. The molecule has 1 atom stereocenters. The van der Waals surface area contributed by atoms with E-state index in [0.717, 1.165) is 19.5 Å². The van der Waals surface area contributed by atoms with Crippen molar-refractivity contribution in [3.63, 3.8) is 0 Å². The van der Waals surface area contributed by atoms with Crippen molar-refractivity contribution in [1.29, 1.82) is 0 Å². The van der Waals surface area contributed by atoms with Gasteiger partial charge in [0, 0.05) is 50.8 Å². The molecule has 1 amide bonds. The topological polar surface area (TPSA) is 65.9 Å². The van der Waals surface area contributed by atoms with Gasteiger partial charge >= 0.3 is 0 Å². The van der Waals surface area contributed by atoms with Gasteiger partial charge in [-0.05, 0) is 41.8 Å². The molecule has 1 N–H and O–H groups in total. The van der Waals surface area contributed by atoms with E-state index < -0.39 is 6.10 Å².